The molecule has 0 bridgehead atoms. The second-order valence-corrected chi connectivity index (χ2v) is 3.57. The summed E-state index contributed by atoms with van der Waals surface area (Å²) in [6.07, 6.45) is 2.83. The van der Waals surface area contributed by atoms with Gasteiger partial charge in [-0.05, 0) is 0 Å². The third-order valence-corrected chi connectivity index (χ3v) is 1.92. The molecular weight excluding hydrogens is 214 g/mol. The van der Waals surface area contributed by atoms with E-state index in [2.05, 4.69) is 17.2 Å². The maximum absolute atomic E-state index is 11.7. The van der Waals surface area contributed by atoms with Gasteiger partial charge in [-0.3, -0.25) is 9.59 Å². The molecule has 0 fully saturated rings. The zero-order valence-electron chi connectivity index (χ0n) is 8.19. The van der Waals surface area contributed by atoms with Crippen molar-refractivity contribution in [2.75, 3.05) is 13.6 Å². The first-order valence-electron chi connectivity index (χ1n) is 4.23. The molecule has 0 saturated heterocycles. The third-order valence-electron chi connectivity index (χ3n) is 1.79. The van der Waals surface area contributed by atoms with Crippen molar-refractivity contribution in [1.82, 2.24) is 9.88 Å². The van der Waals surface area contributed by atoms with Crippen LogP contribution in [-0.2, 0) is 0 Å². The van der Waals surface area contributed by atoms with Gasteiger partial charge >= 0.3 is 0 Å². The number of rotatable bonds is 3. The van der Waals surface area contributed by atoms with Crippen LogP contribution in [0, 0.1) is 0 Å². The summed E-state index contributed by atoms with van der Waals surface area (Å²) in [5.74, 6) is -0.398. The zero-order valence-corrected chi connectivity index (χ0v) is 9.00. The molecule has 6 heteroatoms. The minimum atomic E-state index is -0.398. The van der Waals surface area contributed by atoms with Gasteiger partial charge in [0.15, 0.2) is 5.43 Å². The second kappa shape index (κ2) is 4.70. The summed E-state index contributed by atoms with van der Waals surface area (Å²) >= 11 is 4.67. The van der Waals surface area contributed by atoms with Gasteiger partial charge in [-0.1, -0.05) is 12.2 Å². The Kier molecular flexibility index (Phi) is 3.56. The van der Waals surface area contributed by atoms with Crippen molar-refractivity contribution in [3.8, 4) is 0 Å². The molecule has 0 aliphatic heterocycles. The molecule has 0 unspecified atom stereocenters. The first-order valence-corrected chi connectivity index (χ1v) is 4.64. The Morgan fingerprint density at radius 1 is 1.67 bits per heavy atom. The maximum atomic E-state index is 11.7. The lowest BCUT2D eigenvalue weighted by molar-refractivity contribution is 0.0813. The van der Waals surface area contributed by atoms with Crippen molar-refractivity contribution >= 4 is 23.1 Å². The van der Waals surface area contributed by atoms with Crippen LogP contribution in [0.4, 0.5) is 0 Å². The number of hydrogen-bond donors (Lipinski definition) is 2. The van der Waals surface area contributed by atoms with Crippen LogP contribution < -0.4 is 11.2 Å². The lowest BCUT2D eigenvalue weighted by atomic mass is 10.2. The van der Waals surface area contributed by atoms with Gasteiger partial charge in [0.2, 0.25) is 0 Å². The van der Waals surface area contributed by atoms with E-state index >= 15 is 0 Å². The van der Waals surface area contributed by atoms with Gasteiger partial charge in [-0.25, -0.2) is 0 Å². The van der Waals surface area contributed by atoms with Crippen LogP contribution in [0.2, 0.25) is 0 Å². The number of aromatic amines is 1. The van der Waals surface area contributed by atoms with Crippen molar-refractivity contribution in [3.63, 3.8) is 0 Å². The van der Waals surface area contributed by atoms with E-state index in [1.807, 2.05) is 0 Å². The number of H-pyrrole nitrogens is 1. The van der Waals surface area contributed by atoms with E-state index in [0.29, 0.717) is 0 Å². The molecule has 0 spiro atoms. The number of hydrogen-bond acceptors (Lipinski definition) is 3. The fraction of sp³-hybridized carbons (Fsp3) is 0.222. The number of aromatic nitrogens is 1. The molecule has 1 heterocycles. The molecule has 0 aliphatic carbocycles. The van der Waals surface area contributed by atoms with Crippen molar-refractivity contribution in [2.24, 2.45) is 5.73 Å². The van der Waals surface area contributed by atoms with E-state index in [9.17, 15) is 9.59 Å². The van der Waals surface area contributed by atoms with Crippen molar-refractivity contribution in [3.05, 3.63) is 34.2 Å². The van der Waals surface area contributed by atoms with Gasteiger partial charge in [-0.2, -0.15) is 0 Å². The van der Waals surface area contributed by atoms with E-state index in [0.717, 1.165) is 0 Å². The highest BCUT2D eigenvalue weighted by atomic mass is 32.1. The molecule has 1 aromatic rings. The minimum Gasteiger partial charge on any atom is -0.392 e. The lowest BCUT2D eigenvalue weighted by Crippen LogP contribution is -2.36. The number of thiocarbonyl (C=S) groups is 1. The summed E-state index contributed by atoms with van der Waals surface area (Å²) in [4.78, 5) is 27.2. The summed E-state index contributed by atoms with van der Waals surface area (Å²) in [6.45, 7) is 0.155. The third kappa shape index (κ3) is 2.88. The van der Waals surface area contributed by atoms with Gasteiger partial charge in [0.25, 0.3) is 5.91 Å². The Morgan fingerprint density at radius 2 is 2.33 bits per heavy atom. The number of pyridine rings is 1. The average molecular weight is 225 g/mol. The van der Waals surface area contributed by atoms with Crippen molar-refractivity contribution in [2.45, 2.75) is 0 Å². The Morgan fingerprint density at radius 3 is 2.87 bits per heavy atom. The quantitative estimate of drug-likeness (QED) is 0.694. The van der Waals surface area contributed by atoms with Crippen LogP contribution in [0.1, 0.15) is 10.4 Å². The zero-order chi connectivity index (χ0) is 11.4. The Hall–Kier alpha value is -1.69. The van der Waals surface area contributed by atoms with Crippen LogP contribution in [0.15, 0.2) is 23.3 Å². The average Bonchev–Trinajstić information content (AvgIpc) is 2.16. The Bertz CT molecular complexity index is 441. The smallest absolute Gasteiger partial charge is 0.259 e. The van der Waals surface area contributed by atoms with Crippen molar-refractivity contribution in [1.29, 1.82) is 0 Å². The molecule has 80 valence electrons. The molecule has 0 aliphatic rings. The van der Waals surface area contributed by atoms with E-state index < -0.39 is 5.91 Å². The molecule has 1 amide bonds. The van der Waals surface area contributed by atoms with Gasteiger partial charge in [0, 0.05) is 25.5 Å². The summed E-state index contributed by atoms with van der Waals surface area (Å²) in [5.41, 5.74) is 5.05. The van der Waals surface area contributed by atoms with E-state index in [4.69, 9.17) is 5.73 Å². The molecule has 1 rings (SSSR count). The number of nitrogens with one attached hydrogen (secondary N) is 1. The van der Waals surface area contributed by atoms with Crippen LogP contribution in [0.3, 0.4) is 0 Å². The molecule has 3 N–H and O–H groups in total. The van der Waals surface area contributed by atoms with Crippen LogP contribution in [0.25, 0.3) is 0 Å². The molecule has 0 radical (unpaired) electrons. The molecule has 0 saturated carbocycles. The Labute approximate surface area is 91.9 Å². The molecular formula is C9H11N3O2S. The highest BCUT2D eigenvalue weighted by Crippen LogP contribution is 1.95. The fourth-order valence-corrected chi connectivity index (χ4v) is 1.29. The number of nitrogens with zero attached hydrogens (tertiary/aromatic N) is 1. The summed E-state index contributed by atoms with van der Waals surface area (Å²) in [6, 6.07) is 1.29. The predicted octanol–water partition coefficient (Wildman–Crippen LogP) is -0.267. The largest absolute Gasteiger partial charge is 0.392 e. The monoisotopic (exact) mass is 225 g/mol. The summed E-state index contributed by atoms with van der Waals surface area (Å²) < 4.78 is 0. The SMILES string of the molecule is CN(CC(N)=S)C(=O)c1c[nH]ccc1=O. The summed E-state index contributed by atoms with van der Waals surface area (Å²) in [7, 11) is 1.54. The lowest BCUT2D eigenvalue weighted by Gasteiger charge is -2.15. The number of carbonyl (C=O) groups is 1. The number of likely N-dealkylation sites (N-methyl/N-ethyl adjacent to an activating group) is 1. The predicted molar refractivity (Wildman–Crippen MR) is 60.8 cm³/mol. The fourth-order valence-electron chi connectivity index (χ4n) is 1.09. The first kappa shape index (κ1) is 11.4. The maximum Gasteiger partial charge on any atom is 0.259 e. The Balaban J connectivity index is 2.90. The molecule has 1 aromatic heterocycles. The normalized spacial score (nSPS) is 9.67. The van der Waals surface area contributed by atoms with E-state index in [1.165, 1.54) is 30.4 Å². The number of amides is 1. The van der Waals surface area contributed by atoms with Crippen LogP contribution in [0.5, 0.6) is 0 Å². The molecule has 0 aromatic carbocycles. The molecule has 15 heavy (non-hydrogen) atoms. The molecule has 0 atom stereocenters. The minimum absolute atomic E-state index is 0.0799. The van der Waals surface area contributed by atoms with Crippen LogP contribution >= 0.6 is 12.2 Å². The van der Waals surface area contributed by atoms with E-state index in [1.54, 1.807) is 0 Å². The van der Waals surface area contributed by atoms with Crippen LogP contribution in [-0.4, -0.2) is 34.4 Å². The van der Waals surface area contributed by atoms with Gasteiger partial charge < -0.3 is 15.6 Å². The highest BCUT2D eigenvalue weighted by molar-refractivity contribution is 7.80. The number of nitrogens with two attached hydrogens (primary N) is 1. The van der Waals surface area contributed by atoms with Gasteiger partial charge in [0.05, 0.1) is 11.5 Å². The summed E-state index contributed by atoms with van der Waals surface area (Å²) in [5, 5.41) is 0. The first-order chi connectivity index (χ1) is 7.02. The topological polar surface area (TPSA) is 79.2 Å². The number of carbonyl (C=O) groups excluding carboxylic acids is 1. The standard InChI is InChI=1S/C9H11N3O2S/c1-12(5-8(10)15)9(14)6-4-11-3-2-7(6)13/h2-4H,5H2,1H3,(H2,10,15)(H,11,13). The highest BCUT2D eigenvalue weighted by Gasteiger charge is 2.14. The van der Waals surface area contributed by atoms with E-state index in [-0.39, 0.29) is 22.5 Å². The van der Waals surface area contributed by atoms with Crippen molar-refractivity contribution < 1.29 is 4.79 Å². The molecule has 5 nitrogen and oxygen atoms in total. The van der Waals surface area contributed by atoms with Gasteiger partial charge in [-0.15, -0.1) is 0 Å². The van der Waals surface area contributed by atoms with Gasteiger partial charge in [0.1, 0.15) is 5.56 Å². The second-order valence-electron chi connectivity index (χ2n) is 3.05.